The maximum Gasteiger partial charge on any atom is 0.0704 e. The maximum atomic E-state index is 5.60. The average molecular weight is 173 g/mol. The van der Waals surface area contributed by atoms with E-state index in [9.17, 15) is 0 Å². The van der Waals surface area contributed by atoms with Gasteiger partial charge in [0.05, 0.1) is 19.3 Å². The third-order valence-electron chi connectivity index (χ3n) is 2.04. The molecule has 3 nitrogen and oxygen atoms in total. The molecule has 1 aliphatic heterocycles. The summed E-state index contributed by atoms with van der Waals surface area (Å²) >= 11 is 0. The van der Waals surface area contributed by atoms with Crippen LogP contribution in [0.2, 0.25) is 0 Å². The van der Waals surface area contributed by atoms with Gasteiger partial charge in [0, 0.05) is 13.2 Å². The number of nitrogens with one attached hydrogen (secondary N) is 1. The van der Waals surface area contributed by atoms with Gasteiger partial charge in [-0.3, -0.25) is 0 Å². The van der Waals surface area contributed by atoms with Crippen molar-refractivity contribution in [3.05, 3.63) is 0 Å². The van der Waals surface area contributed by atoms with Crippen LogP contribution in [0.3, 0.4) is 0 Å². The van der Waals surface area contributed by atoms with Gasteiger partial charge >= 0.3 is 0 Å². The molecule has 0 saturated carbocycles. The van der Waals surface area contributed by atoms with Crippen LogP contribution < -0.4 is 5.32 Å². The lowest BCUT2D eigenvalue weighted by Gasteiger charge is -2.22. The van der Waals surface area contributed by atoms with Crippen molar-refractivity contribution in [3.63, 3.8) is 0 Å². The van der Waals surface area contributed by atoms with E-state index in [1.807, 2.05) is 6.92 Å². The summed E-state index contributed by atoms with van der Waals surface area (Å²) in [7, 11) is 0. The van der Waals surface area contributed by atoms with Crippen molar-refractivity contribution in [3.8, 4) is 0 Å². The van der Waals surface area contributed by atoms with Crippen molar-refractivity contribution in [1.82, 2.24) is 5.32 Å². The van der Waals surface area contributed by atoms with Crippen molar-refractivity contribution in [2.75, 3.05) is 32.9 Å². The smallest absolute Gasteiger partial charge is 0.0704 e. The van der Waals surface area contributed by atoms with E-state index in [1.165, 1.54) is 12.8 Å². The molecule has 1 saturated heterocycles. The van der Waals surface area contributed by atoms with Crippen molar-refractivity contribution < 1.29 is 9.47 Å². The summed E-state index contributed by atoms with van der Waals surface area (Å²) in [4.78, 5) is 0. The van der Waals surface area contributed by atoms with Crippen LogP contribution in [-0.2, 0) is 9.47 Å². The Hall–Kier alpha value is -0.120. The highest BCUT2D eigenvalue weighted by Gasteiger charge is 2.12. The molecule has 1 heterocycles. The molecule has 1 N–H and O–H groups in total. The molecule has 0 aliphatic carbocycles. The Morgan fingerprint density at radius 2 is 2.33 bits per heavy atom. The van der Waals surface area contributed by atoms with Crippen LogP contribution in [0.5, 0.6) is 0 Å². The summed E-state index contributed by atoms with van der Waals surface area (Å²) in [5.74, 6) is 0. The van der Waals surface area contributed by atoms with Gasteiger partial charge in [0.2, 0.25) is 0 Å². The Morgan fingerprint density at radius 1 is 1.42 bits per heavy atom. The lowest BCUT2D eigenvalue weighted by atomic mass is 10.1. The molecule has 0 radical (unpaired) electrons. The molecule has 3 heteroatoms. The lowest BCUT2D eigenvalue weighted by molar-refractivity contribution is -0.00191. The van der Waals surface area contributed by atoms with E-state index >= 15 is 0 Å². The minimum atomic E-state index is 0.416. The van der Waals surface area contributed by atoms with Gasteiger partial charge in [0.15, 0.2) is 0 Å². The molecule has 0 aromatic rings. The first-order chi connectivity index (χ1) is 5.93. The first-order valence-corrected chi connectivity index (χ1v) is 4.83. The first-order valence-electron chi connectivity index (χ1n) is 4.83. The number of hydrogen-bond donors (Lipinski definition) is 1. The van der Waals surface area contributed by atoms with Crippen molar-refractivity contribution in [1.29, 1.82) is 0 Å². The molecule has 12 heavy (non-hydrogen) atoms. The number of rotatable bonds is 5. The van der Waals surface area contributed by atoms with E-state index in [2.05, 4.69) is 5.32 Å². The fraction of sp³-hybridized carbons (Fsp3) is 1.00. The molecule has 0 aromatic carbocycles. The van der Waals surface area contributed by atoms with Crippen molar-refractivity contribution >= 4 is 0 Å². The van der Waals surface area contributed by atoms with Crippen molar-refractivity contribution in [2.45, 2.75) is 25.9 Å². The zero-order valence-electron chi connectivity index (χ0n) is 7.84. The van der Waals surface area contributed by atoms with Gasteiger partial charge in [-0.1, -0.05) is 0 Å². The molecule has 1 aliphatic rings. The third kappa shape index (κ3) is 4.04. The highest BCUT2D eigenvalue weighted by molar-refractivity contribution is 4.68. The van der Waals surface area contributed by atoms with Crippen LogP contribution in [0.15, 0.2) is 0 Å². The van der Waals surface area contributed by atoms with Crippen LogP contribution in [-0.4, -0.2) is 39.0 Å². The fourth-order valence-corrected chi connectivity index (χ4v) is 1.38. The van der Waals surface area contributed by atoms with Crippen LogP contribution >= 0.6 is 0 Å². The highest BCUT2D eigenvalue weighted by atomic mass is 16.5. The highest BCUT2D eigenvalue weighted by Crippen LogP contribution is 2.05. The molecule has 0 aromatic heterocycles. The minimum absolute atomic E-state index is 0.416. The van der Waals surface area contributed by atoms with Gasteiger partial charge in [-0.15, -0.1) is 0 Å². The van der Waals surface area contributed by atoms with Crippen LogP contribution in [0.1, 0.15) is 19.8 Å². The Morgan fingerprint density at radius 3 is 3.00 bits per heavy atom. The second-order valence-corrected chi connectivity index (χ2v) is 3.04. The van der Waals surface area contributed by atoms with Gasteiger partial charge in [0.1, 0.15) is 0 Å². The molecule has 1 atom stereocenters. The monoisotopic (exact) mass is 173 g/mol. The predicted molar refractivity (Wildman–Crippen MR) is 48.3 cm³/mol. The first kappa shape index (κ1) is 9.96. The standard InChI is InChI=1S/C9H19NO2/c1-2-11-6-7-12-9-4-3-5-10-8-9/h9-10H,2-8H2,1H3. The number of hydrogen-bond acceptors (Lipinski definition) is 3. The second-order valence-electron chi connectivity index (χ2n) is 3.04. The largest absolute Gasteiger partial charge is 0.379 e. The normalized spacial score (nSPS) is 24.2. The van der Waals surface area contributed by atoms with E-state index in [0.717, 1.165) is 32.9 Å². The Balaban J connectivity index is 1.91. The molecule has 0 spiro atoms. The van der Waals surface area contributed by atoms with Gasteiger partial charge in [-0.25, -0.2) is 0 Å². The summed E-state index contributed by atoms with van der Waals surface area (Å²) in [5.41, 5.74) is 0. The van der Waals surface area contributed by atoms with Gasteiger partial charge in [-0.05, 0) is 26.3 Å². The SMILES string of the molecule is CCOCCOC1CCCNC1. The summed E-state index contributed by atoms with van der Waals surface area (Å²) in [6.45, 7) is 6.40. The average Bonchev–Trinajstić information content (AvgIpc) is 2.14. The minimum Gasteiger partial charge on any atom is -0.379 e. The lowest BCUT2D eigenvalue weighted by Crippen LogP contribution is -2.35. The molecular weight excluding hydrogens is 154 g/mol. The zero-order valence-corrected chi connectivity index (χ0v) is 7.84. The molecule has 1 rings (SSSR count). The van der Waals surface area contributed by atoms with Gasteiger partial charge < -0.3 is 14.8 Å². The summed E-state index contributed by atoms with van der Waals surface area (Å²) in [6, 6.07) is 0. The Labute approximate surface area is 74.4 Å². The number of piperidine rings is 1. The summed E-state index contributed by atoms with van der Waals surface area (Å²) < 4.78 is 10.8. The number of ether oxygens (including phenoxy) is 2. The molecule has 1 fully saturated rings. The van der Waals surface area contributed by atoms with E-state index in [-0.39, 0.29) is 0 Å². The molecule has 0 amide bonds. The Kier molecular flexibility index (Phi) is 5.32. The fourth-order valence-electron chi connectivity index (χ4n) is 1.38. The maximum absolute atomic E-state index is 5.60. The van der Waals surface area contributed by atoms with Crippen LogP contribution in [0, 0.1) is 0 Å². The second kappa shape index (κ2) is 6.40. The summed E-state index contributed by atoms with van der Waals surface area (Å²) in [6.07, 6.45) is 2.84. The molecule has 72 valence electrons. The van der Waals surface area contributed by atoms with E-state index in [4.69, 9.17) is 9.47 Å². The van der Waals surface area contributed by atoms with E-state index < -0.39 is 0 Å². The summed E-state index contributed by atoms with van der Waals surface area (Å²) in [5, 5.41) is 3.31. The van der Waals surface area contributed by atoms with E-state index in [1.54, 1.807) is 0 Å². The van der Waals surface area contributed by atoms with Gasteiger partial charge in [0.25, 0.3) is 0 Å². The molecule has 1 unspecified atom stereocenters. The molecule has 0 bridgehead atoms. The van der Waals surface area contributed by atoms with Crippen LogP contribution in [0.25, 0.3) is 0 Å². The topological polar surface area (TPSA) is 30.5 Å². The predicted octanol–water partition coefficient (Wildman–Crippen LogP) is 0.791. The van der Waals surface area contributed by atoms with E-state index in [0.29, 0.717) is 6.10 Å². The quantitative estimate of drug-likeness (QED) is 0.624. The Bertz CT molecular complexity index is 103. The molecular formula is C9H19NO2. The zero-order chi connectivity index (χ0) is 8.65. The van der Waals surface area contributed by atoms with Crippen molar-refractivity contribution in [2.24, 2.45) is 0 Å². The van der Waals surface area contributed by atoms with Gasteiger partial charge in [-0.2, -0.15) is 0 Å². The van der Waals surface area contributed by atoms with Crippen LogP contribution in [0.4, 0.5) is 0 Å². The third-order valence-corrected chi connectivity index (χ3v) is 2.04.